The maximum Gasteiger partial charge on any atom is 0.305 e. The summed E-state index contributed by atoms with van der Waals surface area (Å²) in [4.78, 5) is 14.2. The van der Waals surface area contributed by atoms with E-state index < -0.39 is 0 Å². The van der Waals surface area contributed by atoms with Crippen molar-refractivity contribution in [2.45, 2.75) is 0 Å². The van der Waals surface area contributed by atoms with Crippen LogP contribution in [0.15, 0.2) is 76.9 Å². The number of hydrogen-bond acceptors (Lipinski definition) is 6. The summed E-state index contributed by atoms with van der Waals surface area (Å²) in [5.74, 6) is 0. The number of H-pyrrole nitrogens is 1. The van der Waals surface area contributed by atoms with Crippen LogP contribution in [0, 0.1) is 0 Å². The fourth-order valence-electron chi connectivity index (χ4n) is 2.85. The minimum absolute atomic E-state index is 0.0471. The van der Waals surface area contributed by atoms with Gasteiger partial charge in [0.1, 0.15) is 0 Å². The van der Waals surface area contributed by atoms with Crippen molar-refractivity contribution in [3.63, 3.8) is 0 Å². The first kappa shape index (κ1) is 17.7. The third-order valence-electron chi connectivity index (χ3n) is 4.18. The molecule has 28 heavy (non-hydrogen) atoms. The van der Waals surface area contributed by atoms with Crippen LogP contribution in [-0.4, -0.2) is 28.0 Å². The van der Waals surface area contributed by atoms with Crippen molar-refractivity contribution < 1.29 is 0 Å². The van der Waals surface area contributed by atoms with Crippen LogP contribution >= 0.6 is 11.3 Å². The SMILES string of the molecule is C=NN/C(=C\CNc1ccc2[nH]c(=O)sc2c1)c1ccc(-n2cccn2)cc1. The van der Waals surface area contributed by atoms with Crippen LogP contribution in [0.3, 0.4) is 0 Å². The maximum atomic E-state index is 11.4. The predicted molar refractivity (Wildman–Crippen MR) is 115 cm³/mol. The summed E-state index contributed by atoms with van der Waals surface area (Å²) in [5.41, 5.74) is 7.56. The summed E-state index contributed by atoms with van der Waals surface area (Å²) >= 11 is 1.20. The third-order valence-corrected chi connectivity index (χ3v) is 5.03. The molecule has 0 saturated heterocycles. The van der Waals surface area contributed by atoms with E-state index in [1.54, 1.807) is 10.9 Å². The largest absolute Gasteiger partial charge is 0.381 e. The van der Waals surface area contributed by atoms with Crippen molar-refractivity contribution >= 4 is 39.7 Å². The first-order valence-corrected chi connectivity index (χ1v) is 9.44. The molecule has 7 nitrogen and oxygen atoms in total. The molecule has 0 unspecified atom stereocenters. The zero-order valence-corrected chi connectivity index (χ0v) is 15.7. The van der Waals surface area contributed by atoms with Crippen LogP contribution in [0.2, 0.25) is 0 Å². The Kier molecular flexibility index (Phi) is 5.03. The van der Waals surface area contributed by atoms with Gasteiger partial charge >= 0.3 is 4.87 Å². The number of rotatable bonds is 7. The second-order valence-corrected chi connectivity index (χ2v) is 7.01. The average molecular weight is 390 g/mol. The molecular weight excluding hydrogens is 372 g/mol. The van der Waals surface area contributed by atoms with Crippen molar-refractivity contribution in [1.82, 2.24) is 20.2 Å². The first-order valence-electron chi connectivity index (χ1n) is 8.62. The van der Waals surface area contributed by atoms with Crippen molar-refractivity contribution in [2.75, 3.05) is 11.9 Å². The molecule has 0 atom stereocenters. The maximum absolute atomic E-state index is 11.4. The van der Waals surface area contributed by atoms with Gasteiger partial charge in [-0.25, -0.2) is 4.68 Å². The molecule has 140 valence electrons. The molecule has 0 spiro atoms. The number of hydrazone groups is 1. The van der Waals surface area contributed by atoms with Crippen molar-refractivity contribution in [3.8, 4) is 5.69 Å². The Hall–Kier alpha value is -3.65. The minimum atomic E-state index is -0.0471. The van der Waals surface area contributed by atoms with E-state index in [9.17, 15) is 4.79 Å². The Morgan fingerprint density at radius 2 is 2.14 bits per heavy atom. The Bertz CT molecular complexity index is 1170. The number of anilines is 1. The quantitative estimate of drug-likeness (QED) is 0.333. The van der Waals surface area contributed by atoms with E-state index in [0.29, 0.717) is 6.54 Å². The summed E-state index contributed by atoms with van der Waals surface area (Å²) in [6.07, 6.45) is 5.65. The van der Waals surface area contributed by atoms with E-state index in [0.717, 1.165) is 32.9 Å². The number of nitrogens with zero attached hydrogens (tertiary/aromatic N) is 3. The average Bonchev–Trinajstić information content (AvgIpc) is 3.36. The molecule has 3 N–H and O–H groups in total. The Morgan fingerprint density at radius 1 is 1.29 bits per heavy atom. The van der Waals surface area contributed by atoms with E-state index in [1.165, 1.54) is 11.3 Å². The van der Waals surface area contributed by atoms with Crippen LogP contribution in [0.1, 0.15) is 5.56 Å². The summed E-state index contributed by atoms with van der Waals surface area (Å²) in [6.45, 7) is 4.11. The zero-order valence-electron chi connectivity index (χ0n) is 14.9. The van der Waals surface area contributed by atoms with Gasteiger partial charge in [0, 0.05) is 31.3 Å². The molecule has 4 rings (SSSR count). The lowest BCUT2D eigenvalue weighted by molar-refractivity contribution is 0.880. The second-order valence-electron chi connectivity index (χ2n) is 5.99. The third kappa shape index (κ3) is 3.86. The molecule has 8 heteroatoms. The monoisotopic (exact) mass is 390 g/mol. The molecule has 2 aromatic heterocycles. The first-order chi connectivity index (χ1) is 13.7. The van der Waals surface area contributed by atoms with Crippen LogP contribution < -0.4 is 15.6 Å². The van der Waals surface area contributed by atoms with Crippen molar-refractivity contribution in [3.05, 3.63) is 82.2 Å². The smallest absolute Gasteiger partial charge is 0.305 e. The van der Waals surface area contributed by atoms with Gasteiger partial charge in [0.05, 0.1) is 21.6 Å². The molecule has 0 aliphatic rings. The number of thiazole rings is 1. The van der Waals surface area contributed by atoms with Gasteiger partial charge in [0.15, 0.2) is 0 Å². The number of nitrogens with one attached hydrogen (secondary N) is 3. The number of aromatic amines is 1. The number of fused-ring (bicyclic) bond motifs is 1. The van der Waals surface area contributed by atoms with Gasteiger partial charge in [0.25, 0.3) is 0 Å². The Labute approximate surface area is 165 Å². The standard InChI is InChI=1S/C20H18N6OS/c1-21-25-17(14-3-6-16(7-4-14)26-12-2-10-23-26)9-11-22-15-5-8-18-19(13-15)28-20(27)24-18/h2-10,12-13,22,25H,1,11H2,(H,24,27)/b17-9-. The fraction of sp³-hybridized carbons (Fsp3) is 0.0500. The number of aromatic nitrogens is 3. The molecule has 2 aromatic carbocycles. The molecule has 4 aromatic rings. The summed E-state index contributed by atoms with van der Waals surface area (Å²) in [5, 5.41) is 11.4. The van der Waals surface area contributed by atoms with Crippen LogP contribution in [0.5, 0.6) is 0 Å². The van der Waals surface area contributed by atoms with Crippen molar-refractivity contribution in [2.24, 2.45) is 5.10 Å². The van der Waals surface area contributed by atoms with Gasteiger partial charge in [0.2, 0.25) is 0 Å². The lowest BCUT2D eigenvalue weighted by Crippen LogP contribution is -2.07. The van der Waals surface area contributed by atoms with Crippen LogP contribution in [-0.2, 0) is 0 Å². The highest BCUT2D eigenvalue weighted by Gasteiger charge is 2.03. The molecular formula is C20H18N6OS. The molecule has 0 aliphatic carbocycles. The highest BCUT2D eigenvalue weighted by molar-refractivity contribution is 7.16. The number of hydrogen-bond donors (Lipinski definition) is 3. The molecule has 0 amide bonds. The predicted octanol–water partition coefficient (Wildman–Crippen LogP) is 3.43. The molecule has 0 radical (unpaired) electrons. The number of benzene rings is 2. The Balaban J connectivity index is 1.49. The molecule has 0 fully saturated rings. The van der Waals surface area contributed by atoms with E-state index in [2.05, 4.69) is 32.6 Å². The summed E-state index contributed by atoms with van der Waals surface area (Å²) in [6, 6.07) is 15.7. The minimum Gasteiger partial charge on any atom is -0.381 e. The van der Waals surface area contributed by atoms with E-state index >= 15 is 0 Å². The molecule has 2 heterocycles. The van der Waals surface area contributed by atoms with Crippen LogP contribution in [0.4, 0.5) is 5.69 Å². The van der Waals surface area contributed by atoms with Crippen molar-refractivity contribution in [1.29, 1.82) is 0 Å². The van der Waals surface area contributed by atoms with Gasteiger partial charge in [-0.15, -0.1) is 0 Å². The Morgan fingerprint density at radius 3 is 2.89 bits per heavy atom. The normalized spacial score (nSPS) is 11.5. The lowest BCUT2D eigenvalue weighted by atomic mass is 10.1. The molecule has 0 saturated carbocycles. The lowest BCUT2D eigenvalue weighted by Gasteiger charge is -2.10. The van der Waals surface area contributed by atoms with Gasteiger partial charge < -0.3 is 10.3 Å². The fourth-order valence-corrected chi connectivity index (χ4v) is 3.63. The summed E-state index contributed by atoms with van der Waals surface area (Å²) < 4.78 is 2.73. The second kappa shape index (κ2) is 7.93. The molecule has 0 aliphatic heterocycles. The molecule has 0 bridgehead atoms. The van der Waals surface area contributed by atoms with Gasteiger partial charge in [-0.2, -0.15) is 10.2 Å². The van der Waals surface area contributed by atoms with Crippen LogP contribution in [0.25, 0.3) is 21.6 Å². The van der Waals surface area contributed by atoms with E-state index in [4.69, 9.17) is 0 Å². The highest BCUT2D eigenvalue weighted by Crippen LogP contribution is 2.20. The topological polar surface area (TPSA) is 87.1 Å². The van der Waals surface area contributed by atoms with E-state index in [-0.39, 0.29) is 4.87 Å². The van der Waals surface area contributed by atoms with E-state index in [1.807, 2.05) is 60.8 Å². The van der Waals surface area contributed by atoms with Gasteiger partial charge in [-0.1, -0.05) is 23.5 Å². The van der Waals surface area contributed by atoms with Gasteiger partial charge in [-0.3, -0.25) is 10.2 Å². The van der Waals surface area contributed by atoms with Gasteiger partial charge in [-0.05, 0) is 48.0 Å². The summed E-state index contributed by atoms with van der Waals surface area (Å²) in [7, 11) is 0. The highest BCUT2D eigenvalue weighted by atomic mass is 32.1. The zero-order chi connectivity index (χ0) is 19.3.